The van der Waals surface area contributed by atoms with E-state index in [0.717, 1.165) is 6.42 Å². The monoisotopic (exact) mass is 228 g/mol. The largest absolute Gasteiger partial charge is 0.305 e. The van der Waals surface area contributed by atoms with Crippen LogP contribution in [0.1, 0.15) is 33.6 Å². The molecule has 0 radical (unpaired) electrons. The minimum Gasteiger partial charge on any atom is -0.305 e. The smallest absolute Gasteiger partial charge is 0.172 e. The molecule has 80 valence electrons. The van der Waals surface area contributed by atoms with Gasteiger partial charge in [0.2, 0.25) is 0 Å². The van der Waals surface area contributed by atoms with Crippen molar-refractivity contribution in [2.75, 3.05) is 0 Å². The van der Waals surface area contributed by atoms with Gasteiger partial charge in [-0.3, -0.25) is 0 Å². The summed E-state index contributed by atoms with van der Waals surface area (Å²) in [4.78, 5) is 0. The summed E-state index contributed by atoms with van der Waals surface area (Å²) < 4.78 is 38.3. The predicted molar refractivity (Wildman–Crippen MR) is 54.0 cm³/mol. The van der Waals surface area contributed by atoms with Crippen LogP contribution in [0.4, 0.5) is 0 Å². The van der Waals surface area contributed by atoms with E-state index in [0.29, 0.717) is 6.42 Å². The number of hydrogen-bond donors (Lipinski definition) is 2. The summed E-state index contributed by atoms with van der Waals surface area (Å²) >= 11 is -4.51. The molecule has 0 spiro atoms. The highest BCUT2D eigenvalue weighted by Gasteiger charge is 2.37. The van der Waals surface area contributed by atoms with Crippen LogP contribution in [0, 0.1) is 5.41 Å². The lowest BCUT2D eigenvalue weighted by molar-refractivity contribution is 0.341. The van der Waals surface area contributed by atoms with Gasteiger partial charge in [-0.1, -0.05) is 27.2 Å². The van der Waals surface area contributed by atoms with E-state index >= 15 is 0 Å². The second-order valence-corrected chi connectivity index (χ2v) is 5.97. The van der Waals surface area contributed by atoms with Crippen LogP contribution in [0.3, 0.4) is 0 Å². The van der Waals surface area contributed by atoms with E-state index in [9.17, 15) is 8.42 Å². The molecule has 0 aliphatic heterocycles. The number of rotatable bonds is 5. The minimum atomic E-state index is -2.25. The fraction of sp³-hybridized carbons (Fsp3) is 1.00. The zero-order valence-corrected chi connectivity index (χ0v) is 9.65. The van der Waals surface area contributed by atoms with Gasteiger partial charge >= 0.3 is 0 Å². The van der Waals surface area contributed by atoms with Crippen LogP contribution < -0.4 is 0 Å². The van der Waals surface area contributed by atoms with Crippen molar-refractivity contribution in [1.29, 1.82) is 0 Å². The van der Waals surface area contributed by atoms with E-state index in [1.54, 1.807) is 13.8 Å². The summed E-state index contributed by atoms with van der Waals surface area (Å²) in [6, 6.07) is 0. The maximum atomic E-state index is 10.8. The van der Waals surface area contributed by atoms with Crippen molar-refractivity contribution in [2.45, 2.75) is 38.2 Å². The van der Waals surface area contributed by atoms with Crippen molar-refractivity contribution < 1.29 is 17.5 Å². The van der Waals surface area contributed by atoms with Crippen LogP contribution in [0.2, 0.25) is 0 Å². The molecule has 0 aromatic heterocycles. The first-order chi connectivity index (χ1) is 5.83. The Kier molecular flexibility index (Phi) is 5.28. The molecule has 6 heteroatoms. The molecule has 0 saturated carbocycles. The average molecular weight is 228 g/mol. The molecule has 0 aromatic carbocycles. The Morgan fingerprint density at radius 2 is 1.62 bits per heavy atom. The van der Waals surface area contributed by atoms with Gasteiger partial charge < -0.3 is 9.11 Å². The summed E-state index contributed by atoms with van der Waals surface area (Å²) in [5.41, 5.74) is -0.589. The summed E-state index contributed by atoms with van der Waals surface area (Å²) in [5.74, 6) is 0. The van der Waals surface area contributed by atoms with Gasteiger partial charge in [-0.25, -0.2) is 8.42 Å². The summed E-state index contributed by atoms with van der Waals surface area (Å²) in [6.07, 6.45) is 1.47. The molecule has 0 bridgehead atoms. The van der Waals surface area contributed by atoms with Crippen molar-refractivity contribution in [3.63, 3.8) is 0 Å². The van der Waals surface area contributed by atoms with Crippen LogP contribution in [-0.4, -0.2) is 22.1 Å². The highest BCUT2D eigenvalue weighted by atomic mass is 32.3. The molecule has 0 saturated heterocycles. The zero-order valence-electron chi connectivity index (χ0n) is 8.02. The maximum Gasteiger partial charge on any atom is 0.172 e. The van der Waals surface area contributed by atoms with Gasteiger partial charge in [-0.2, -0.15) is 0 Å². The van der Waals surface area contributed by atoms with Gasteiger partial charge in [-0.05, 0) is 11.8 Å². The van der Waals surface area contributed by atoms with Gasteiger partial charge in [0.15, 0.2) is 26.7 Å². The van der Waals surface area contributed by atoms with Crippen LogP contribution in [-0.2, 0) is 22.2 Å². The maximum absolute atomic E-state index is 10.8. The van der Waals surface area contributed by atoms with Gasteiger partial charge in [0, 0.05) is 0 Å². The SMILES string of the molecule is CCCC(C)(C)C(S(=O)O)S(=O)O. The molecule has 0 heterocycles. The highest BCUT2D eigenvalue weighted by molar-refractivity contribution is 7.97. The quantitative estimate of drug-likeness (QED) is 0.701. The summed E-state index contributed by atoms with van der Waals surface area (Å²) in [5, 5.41) is 0. The van der Waals surface area contributed by atoms with Gasteiger partial charge in [0.1, 0.15) is 0 Å². The Morgan fingerprint density at radius 1 is 1.23 bits per heavy atom. The number of hydrogen-bond acceptors (Lipinski definition) is 2. The Hall–Kier alpha value is 0.220. The Balaban J connectivity index is 4.72. The summed E-state index contributed by atoms with van der Waals surface area (Å²) in [6.45, 7) is 5.38. The van der Waals surface area contributed by atoms with Crippen molar-refractivity contribution in [3.8, 4) is 0 Å². The van der Waals surface area contributed by atoms with E-state index in [-0.39, 0.29) is 0 Å². The molecule has 2 unspecified atom stereocenters. The van der Waals surface area contributed by atoms with E-state index < -0.39 is 32.2 Å². The first-order valence-corrected chi connectivity index (χ1v) is 6.36. The molecule has 0 amide bonds. The van der Waals surface area contributed by atoms with Crippen molar-refractivity contribution >= 4 is 22.2 Å². The van der Waals surface area contributed by atoms with E-state index in [1.165, 1.54) is 0 Å². The third kappa shape index (κ3) is 3.84. The standard InChI is InChI=1S/C7H16O4S2/c1-4-5-7(2,3)6(12(8)9)13(10)11/h6H,4-5H2,1-3H3,(H,8,9)(H,10,11). The van der Waals surface area contributed by atoms with Gasteiger partial charge in [0.25, 0.3) is 0 Å². The van der Waals surface area contributed by atoms with Crippen LogP contribution >= 0.6 is 0 Å². The third-order valence-corrected chi connectivity index (χ3v) is 4.90. The molecule has 0 aromatic rings. The Labute approximate surface area is 83.7 Å². The second-order valence-electron chi connectivity index (χ2n) is 3.62. The molecule has 13 heavy (non-hydrogen) atoms. The fourth-order valence-corrected chi connectivity index (χ4v) is 3.27. The summed E-state index contributed by atoms with van der Waals surface area (Å²) in [7, 11) is 0. The van der Waals surface area contributed by atoms with Crippen LogP contribution in [0.5, 0.6) is 0 Å². The van der Waals surface area contributed by atoms with Gasteiger partial charge in [-0.15, -0.1) is 0 Å². The minimum absolute atomic E-state index is 0.589. The normalized spacial score (nSPS) is 19.5. The molecule has 0 rings (SSSR count). The van der Waals surface area contributed by atoms with E-state index in [1.807, 2.05) is 6.92 Å². The molecule has 2 N–H and O–H groups in total. The Bertz CT molecular complexity index is 201. The van der Waals surface area contributed by atoms with E-state index in [4.69, 9.17) is 9.11 Å². The third-order valence-electron chi connectivity index (χ3n) is 1.90. The highest BCUT2D eigenvalue weighted by Crippen LogP contribution is 2.31. The molecule has 0 fully saturated rings. The second kappa shape index (κ2) is 5.19. The molecule has 4 nitrogen and oxygen atoms in total. The van der Waals surface area contributed by atoms with Crippen molar-refractivity contribution in [1.82, 2.24) is 0 Å². The molecular formula is C7H16O4S2. The average Bonchev–Trinajstić information content (AvgIpc) is 1.82. The van der Waals surface area contributed by atoms with Crippen LogP contribution in [0.15, 0.2) is 0 Å². The molecule has 0 aliphatic rings. The van der Waals surface area contributed by atoms with E-state index in [2.05, 4.69) is 0 Å². The molecular weight excluding hydrogens is 212 g/mol. The molecule has 0 aliphatic carbocycles. The first kappa shape index (κ1) is 13.2. The van der Waals surface area contributed by atoms with Crippen molar-refractivity contribution in [3.05, 3.63) is 0 Å². The van der Waals surface area contributed by atoms with Crippen LogP contribution in [0.25, 0.3) is 0 Å². The first-order valence-electron chi connectivity index (χ1n) is 4.02. The zero-order chi connectivity index (χ0) is 10.6. The Morgan fingerprint density at radius 3 is 1.85 bits per heavy atom. The molecule has 2 atom stereocenters. The fourth-order valence-electron chi connectivity index (χ4n) is 1.38. The topological polar surface area (TPSA) is 74.6 Å². The lowest BCUT2D eigenvalue weighted by Crippen LogP contribution is -2.36. The predicted octanol–water partition coefficient (Wildman–Crippen LogP) is 1.58. The lowest BCUT2D eigenvalue weighted by atomic mass is 9.90. The van der Waals surface area contributed by atoms with Crippen molar-refractivity contribution in [2.24, 2.45) is 5.41 Å². The van der Waals surface area contributed by atoms with Gasteiger partial charge in [0.05, 0.1) is 0 Å². The lowest BCUT2D eigenvalue weighted by Gasteiger charge is -2.28.